The van der Waals surface area contributed by atoms with Gasteiger partial charge in [-0.25, -0.2) is 4.98 Å². The van der Waals surface area contributed by atoms with Crippen LogP contribution in [-0.4, -0.2) is 11.0 Å². The van der Waals surface area contributed by atoms with Gasteiger partial charge in [0.2, 0.25) is 0 Å². The summed E-state index contributed by atoms with van der Waals surface area (Å²) in [6.45, 7) is 4.35. The number of thiazole rings is 1. The van der Waals surface area contributed by atoms with Gasteiger partial charge in [-0.15, -0.1) is 11.3 Å². The molecule has 2 rings (SSSR count). The Kier molecular flexibility index (Phi) is 4.17. The molecule has 1 atom stereocenters. The highest BCUT2D eigenvalue weighted by molar-refractivity contribution is 7.09. The van der Waals surface area contributed by atoms with E-state index >= 15 is 0 Å². The SMILES string of the molecule is CCC1(C(Cc2csc(C)n2)NN)CCCC1. The van der Waals surface area contributed by atoms with Gasteiger partial charge in [-0.3, -0.25) is 11.3 Å². The van der Waals surface area contributed by atoms with Crippen LogP contribution in [0.25, 0.3) is 0 Å². The van der Waals surface area contributed by atoms with Gasteiger partial charge in [0.25, 0.3) is 0 Å². The highest BCUT2D eigenvalue weighted by Gasteiger charge is 2.39. The Morgan fingerprint density at radius 3 is 2.71 bits per heavy atom. The highest BCUT2D eigenvalue weighted by atomic mass is 32.1. The van der Waals surface area contributed by atoms with Crippen LogP contribution in [0.15, 0.2) is 5.38 Å². The van der Waals surface area contributed by atoms with Crippen LogP contribution in [-0.2, 0) is 6.42 Å². The summed E-state index contributed by atoms with van der Waals surface area (Å²) in [5.74, 6) is 5.79. The van der Waals surface area contributed by atoms with Crippen molar-refractivity contribution < 1.29 is 0 Å². The zero-order chi connectivity index (χ0) is 12.3. The van der Waals surface area contributed by atoms with E-state index in [-0.39, 0.29) is 0 Å². The zero-order valence-corrected chi connectivity index (χ0v) is 11.6. The quantitative estimate of drug-likeness (QED) is 0.626. The molecule has 1 aromatic rings. The molecule has 96 valence electrons. The van der Waals surface area contributed by atoms with Crippen molar-refractivity contribution >= 4 is 11.3 Å². The molecule has 0 radical (unpaired) electrons. The summed E-state index contributed by atoms with van der Waals surface area (Å²) in [6.07, 6.45) is 7.49. The molecule has 1 fully saturated rings. The van der Waals surface area contributed by atoms with Gasteiger partial charge in [0, 0.05) is 17.8 Å². The molecule has 0 amide bonds. The number of hydrogen-bond acceptors (Lipinski definition) is 4. The van der Waals surface area contributed by atoms with Gasteiger partial charge >= 0.3 is 0 Å². The number of aromatic nitrogens is 1. The second kappa shape index (κ2) is 5.46. The molecule has 3 nitrogen and oxygen atoms in total. The van der Waals surface area contributed by atoms with Crippen molar-refractivity contribution in [3.05, 3.63) is 16.1 Å². The van der Waals surface area contributed by atoms with E-state index in [0.717, 1.165) is 11.4 Å². The van der Waals surface area contributed by atoms with Gasteiger partial charge in [0.1, 0.15) is 0 Å². The summed E-state index contributed by atoms with van der Waals surface area (Å²) < 4.78 is 0. The Labute approximate surface area is 108 Å². The lowest BCUT2D eigenvalue weighted by molar-refractivity contribution is 0.184. The number of hydrogen-bond donors (Lipinski definition) is 2. The first-order chi connectivity index (χ1) is 8.20. The summed E-state index contributed by atoms with van der Waals surface area (Å²) in [6, 6.07) is 0.372. The molecule has 0 aliphatic heterocycles. The summed E-state index contributed by atoms with van der Waals surface area (Å²) in [4.78, 5) is 4.56. The van der Waals surface area contributed by atoms with E-state index in [1.165, 1.54) is 37.8 Å². The van der Waals surface area contributed by atoms with Crippen molar-refractivity contribution in [3.8, 4) is 0 Å². The molecule has 4 heteroatoms. The fourth-order valence-corrected chi connectivity index (χ4v) is 3.82. The monoisotopic (exact) mass is 253 g/mol. The summed E-state index contributed by atoms with van der Waals surface area (Å²) in [5.41, 5.74) is 4.64. The molecular formula is C13H23N3S. The van der Waals surface area contributed by atoms with Crippen molar-refractivity contribution in [2.45, 2.75) is 58.4 Å². The van der Waals surface area contributed by atoms with Crippen LogP contribution >= 0.6 is 11.3 Å². The van der Waals surface area contributed by atoms with E-state index in [1.807, 2.05) is 0 Å². The first kappa shape index (κ1) is 13.0. The molecular weight excluding hydrogens is 230 g/mol. The van der Waals surface area contributed by atoms with E-state index < -0.39 is 0 Å². The third-order valence-corrected chi connectivity index (χ3v) is 5.15. The number of nitrogens with two attached hydrogens (primary N) is 1. The van der Waals surface area contributed by atoms with Crippen LogP contribution < -0.4 is 11.3 Å². The molecule has 0 aromatic carbocycles. The van der Waals surface area contributed by atoms with Crippen LogP contribution in [0.3, 0.4) is 0 Å². The molecule has 1 aromatic heterocycles. The number of hydrazine groups is 1. The zero-order valence-electron chi connectivity index (χ0n) is 10.8. The van der Waals surface area contributed by atoms with E-state index in [1.54, 1.807) is 11.3 Å². The average molecular weight is 253 g/mol. The first-order valence-electron chi connectivity index (χ1n) is 6.57. The van der Waals surface area contributed by atoms with Crippen LogP contribution in [0.2, 0.25) is 0 Å². The van der Waals surface area contributed by atoms with Crippen LogP contribution in [0.4, 0.5) is 0 Å². The molecule has 0 saturated heterocycles. The summed E-state index contributed by atoms with van der Waals surface area (Å²) in [5, 5.41) is 3.31. The smallest absolute Gasteiger partial charge is 0.0897 e. The van der Waals surface area contributed by atoms with Crippen molar-refractivity contribution in [3.63, 3.8) is 0 Å². The van der Waals surface area contributed by atoms with E-state index in [2.05, 4.69) is 29.6 Å². The topological polar surface area (TPSA) is 50.9 Å². The number of nitrogens with one attached hydrogen (secondary N) is 1. The van der Waals surface area contributed by atoms with Crippen molar-refractivity contribution in [2.75, 3.05) is 0 Å². The van der Waals surface area contributed by atoms with Gasteiger partial charge in [-0.2, -0.15) is 0 Å². The van der Waals surface area contributed by atoms with Crippen molar-refractivity contribution in [1.82, 2.24) is 10.4 Å². The normalized spacial score (nSPS) is 20.6. The lowest BCUT2D eigenvalue weighted by atomic mass is 9.75. The van der Waals surface area contributed by atoms with Crippen LogP contribution in [0, 0.1) is 12.3 Å². The maximum Gasteiger partial charge on any atom is 0.0897 e. The molecule has 1 saturated carbocycles. The maximum atomic E-state index is 5.79. The van der Waals surface area contributed by atoms with E-state index in [4.69, 9.17) is 5.84 Å². The van der Waals surface area contributed by atoms with Crippen molar-refractivity contribution in [1.29, 1.82) is 0 Å². The van der Waals surface area contributed by atoms with E-state index in [9.17, 15) is 0 Å². The van der Waals surface area contributed by atoms with Gasteiger partial charge in [0.05, 0.1) is 10.7 Å². The molecule has 0 spiro atoms. The molecule has 1 heterocycles. The molecule has 3 N–H and O–H groups in total. The second-order valence-corrected chi connectivity index (χ2v) is 6.27. The molecule has 1 unspecified atom stereocenters. The Balaban J connectivity index is 2.10. The standard InChI is InChI=1S/C13H23N3S/c1-3-13(6-4-5-7-13)12(16-14)8-11-9-17-10(2)15-11/h9,12,16H,3-8,14H2,1-2H3. The first-order valence-corrected chi connectivity index (χ1v) is 7.45. The average Bonchev–Trinajstić information content (AvgIpc) is 2.95. The fraction of sp³-hybridized carbons (Fsp3) is 0.769. The molecule has 0 bridgehead atoms. The lowest BCUT2D eigenvalue weighted by Gasteiger charge is -2.36. The minimum Gasteiger partial charge on any atom is -0.271 e. The highest BCUT2D eigenvalue weighted by Crippen LogP contribution is 2.44. The van der Waals surface area contributed by atoms with E-state index in [0.29, 0.717) is 11.5 Å². The van der Waals surface area contributed by atoms with Crippen molar-refractivity contribution in [2.24, 2.45) is 11.3 Å². The minimum atomic E-state index is 0.372. The lowest BCUT2D eigenvalue weighted by Crippen LogP contribution is -2.48. The minimum absolute atomic E-state index is 0.372. The Morgan fingerprint density at radius 1 is 1.53 bits per heavy atom. The number of rotatable bonds is 5. The van der Waals surface area contributed by atoms with Gasteiger partial charge in [0.15, 0.2) is 0 Å². The van der Waals surface area contributed by atoms with Crippen LogP contribution in [0.1, 0.15) is 49.7 Å². The Hall–Kier alpha value is -0.450. The largest absolute Gasteiger partial charge is 0.271 e. The van der Waals surface area contributed by atoms with Gasteiger partial charge in [-0.05, 0) is 31.6 Å². The summed E-state index contributed by atoms with van der Waals surface area (Å²) >= 11 is 1.73. The van der Waals surface area contributed by atoms with Crippen LogP contribution in [0.5, 0.6) is 0 Å². The third kappa shape index (κ3) is 2.69. The predicted octanol–water partition coefficient (Wildman–Crippen LogP) is 2.80. The molecule has 17 heavy (non-hydrogen) atoms. The number of aryl methyl sites for hydroxylation is 1. The second-order valence-electron chi connectivity index (χ2n) is 5.20. The Morgan fingerprint density at radius 2 is 2.24 bits per heavy atom. The van der Waals surface area contributed by atoms with Gasteiger partial charge in [-0.1, -0.05) is 19.8 Å². The Bertz CT molecular complexity index is 355. The van der Waals surface area contributed by atoms with Gasteiger partial charge < -0.3 is 0 Å². The maximum absolute atomic E-state index is 5.79. The predicted molar refractivity (Wildman–Crippen MR) is 72.9 cm³/mol. The molecule has 1 aliphatic rings. The fourth-order valence-electron chi connectivity index (χ4n) is 3.19. The number of nitrogens with zero attached hydrogens (tertiary/aromatic N) is 1. The molecule has 1 aliphatic carbocycles. The summed E-state index contributed by atoms with van der Waals surface area (Å²) in [7, 11) is 0. The third-order valence-electron chi connectivity index (χ3n) is 4.32.